The Morgan fingerprint density at radius 2 is 1.84 bits per heavy atom. The number of nitrogens with one attached hydrogen (secondary N) is 1. The van der Waals surface area contributed by atoms with Crippen LogP contribution in [-0.4, -0.2) is 6.04 Å². The van der Waals surface area contributed by atoms with E-state index in [-0.39, 0.29) is 0 Å². The molecule has 0 radical (unpaired) electrons. The molecule has 1 N–H and O–H groups in total. The van der Waals surface area contributed by atoms with Crippen LogP contribution >= 0.6 is 11.6 Å². The number of rotatable bonds is 9. The van der Waals surface area contributed by atoms with E-state index in [9.17, 15) is 0 Å². The predicted octanol–water partition coefficient (Wildman–Crippen LogP) is 5.74. The van der Waals surface area contributed by atoms with Crippen LogP contribution in [0.2, 0.25) is 5.02 Å². The van der Waals surface area contributed by atoms with Crippen molar-refractivity contribution in [1.29, 1.82) is 0 Å². The third kappa shape index (κ3) is 6.98. The molecule has 0 saturated carbocycles. The first-order chi connectivity index (χ1) is 9.13. The molecular formula is C17H28ClN. The van der Waals surface area contributed by atoms with Crippen LogP contribution in [0, 0.1) is 0 Å². The number of hydrogen-bond donors (Lipinski definition) is 1. The monoisotopic (exact) mass is 281 g/mol. The van der Waals surface area contributed by atoms with Gasteiger partial charge < -0.3 is 5.32 Å². The van der Waals surface area contributed by atoms with Gasteiger partial charge in [-0.25, -0.2) is 0 Å². The molecule has 0 aliphatic heterocycles. The van der Waals surface area contributed by atoms with Gasteiger partial charge in [0.05, 0.1) is 0 Å². The molecule has 1 aromatic carbocycles. The van der Waals surface area contributed by atoms with Crippen LogP contribution in [-0.2, 0) is 0 Å². The maximum atomic E-state index is 6.03. The van der Waals surface area contributed by atoms with E-state index in [1.807, 2.05) is 18.2 Å². The Kier molecular flexibility index (Phi) is 8.16. The minimum Gasteiger partial charge on any atom is -0.308 e. The molecular weight excluding hydrogens is 254 g/mol. The molecule has 2 atom stereocenters. The summed E-state index contributed by atoms with van der Waals surface area (Å²) in [6.45, 7) is 6.75. The lowest BCUT2D eigenvalue weighted by molar-refractivity contribution is 0.436. The molecule has 0 aliphatic rings. The van der Waals surface area contributed by atoms with Gasteiger partial charge in [0.1, 0.15) is 0 Å². The average molecular weight is 282 g/mol. The van der Waals surface area contributed by atoms with Crippen molar-refractivity contribution in [3.63, 3.8) is 0 Å². The van der Waals surface area contributed by atoms with Crippen LogP contribution in [0.15, 0.2) is 24.3 Å². The molecule has 0 aliphatic carbocycles. The van der Waals surface area contributed by atoms with Gasteiger partial charge in [0.2, 0.25) is 0 Å². The van der Waals surface area contributed by atoms with E-state index in [0.29, 0.717) is 12.1 Å². The molecule has 0 fully saturated rings. The Balaban J connectivity index is 2.26. The van der Waals surface area contributed by atoms with Crippen molar-refractivity contribution < 1.29 is 0 Å². The number of unbranched alkanes of at least 4 members (excludes halogenated alkanes) is 4. The highest BCUT2D eigenvalue weighted by Gasteiger charge is 2.09. The molecule has 0 spiro atoms. The summed E-state index contributed by atoms with van der Waals surface area (Å²) in [7, 11) is 0. The Morgan fingerprint density at radius 1 is 1.11 bits per heavy atom. The van der Waals surface area contributed by atoms with Gasteiger partial charge in [0, 0.05) is 17.1 Å². The topological polar surface area (TPSA) is 12.0 Å². The molecule has 1 aromatic rings. The standard InChI is InChI=1S/C17H28ClN/c1-4-5-6-7-8-10-14(2)19-15(3)16-11-9-12-17(18)13-16/h9,11-15,19H,4-8,10H2,1-3H3/t14?,15-/m1/s1. The summed E-state index contributed by atoms with van der Waals surface area (Å²) >= 11 is 6.03. The minimum absolute atomic E-state index is 0.365. The third-order valence-electron chi connectivity index (χ3n) is 3.62. The van der Waals surface area contributed by atoms with Crippen molar-refractivity contribution in [2.45, 2.75) is 71.4 Å². The first-order valence-corrected chi connectivity index (χ1v) is 8.02. The van der Waals surface area contributed by atoms with Crippen molar-refractivity contribution >= 4 is 11.6 Å². The summed E-state index contributed by atoms with van der Waals surface area (Å²) in [5.41, 5.74) is 1.27. The van der Waals surface area contributed by atoms with E-state index in [4.69, 9.17) is 11.6 Å². The Labute approximate surface area is 123 Å². The van der Waals surface area contributed by atoms with E-state index in [1.54, 1.807) is 0 Å². The Hall–Kier alpha value is -0.530. The average Bonchev–Trinajstić information content (AvgIpc) is 2.38. The second-order valence-corrected chi connectivity index (χ2v) is 5.98. The fraction of sp³-hybridized carbons (Fsp3) is 0.647. The molecule has 0 heterocycles. The van der Waals surface area contributed by atoms with E-state index >= 15 is 0 Å². The van der Waals surface area contributed by atoms with Crippen LogP contribution in [0.25, 0.3) is 0 Å². The van der Waals surface area contributed by atoms with Crippen molar-refractivity contribution in [3.8, 4) is 0 Å². The Bertz CT molecular complexity index is 351. The first kappa shape index (κ1) is 16.5. The second-order valence-electron chi connectivity index (χ2n) is 5.55. The van der Waals surface area contributed by atoms with Crippen molar-refractivity contribution in [2.75, 3.05) is 0 Å². The maximum Gasteiger partial charge on any atom is 0.0409 e. The summed E-state index contributed by atoms with van der Waals surface area (Å²) < 4.78 is 0. The first-order valence-electron chi connectivity index (χ1n) is 7.65. The van der Waals surface area contributed by atoms with Crippen LogP contribution in [0.3, 0.4) is 0 Å². The Morgan fingerprint density at radius 3 is 2.53 bits per heavy atom. The molecule has 1 nitrogen and oxygen atoms in total. The summed E-state index contributed by atoms with van der Waals surface area (Å²) in [6.07, 6.45) is 8.03. The molecule has 2 heteroatoms. The normalized spacial score (nSPS) is 14.3. The highest BCUT2D eigenvalue weighted by molar-refractivity contribution is 6.30. The van der Waals surface area contributed by atoms with Crippen LogP contribution in [0.4, 0.5) is 0 Å². The van der Waals surface area contributed by atoms with Gasteiger partial charge in [0.15, 0.2) is 0 Å². The zero-order valence-electron chi connectivity index (χ0n) is 12.6. The lowest BCUT2D eigenvalue weighted by atomic mass is 10.0. The van der Waals surface area contributed by atoms with E-state index in [0.717, 1.165) is 5.02 Å². The lowest BCUT2D eigenvalue weighted by Gasteiger charge is -2.20. The van der Waals surface area contributed by atoms with Crippen molar-refractivity contribution in [1.82, 2.24) is 5.32 Å². The van der Waals surface area contributed by atoms with Gasteiger partial charge in [-0.2, -0.15) is 0 Å². The predicted molar refractivity (Wildman–Crippen MR) is 85.8 cm³/mol. The molecule has 0 aromatic heterocycles. The molecule has 0 amide bonds. The molecule has 1 rings (SSSR count). The fourth-order valence-corrected chi connectivity index (χ4v) is 2.64. The lowest BCUT2D eigenvalue weighted by Crippen LogP contribution is -2.28. The van der Waals surface area contributed by atoms with Gasteiger partial charge >= 0.3 is 0 Å². The molecule has 1 unspecified atom stereocenters. The summed E-state index contributed by atoms with van der Waals surface area (Å²) in [4.78, 5) is 0. The highest BCUT2D eigenvalue weighted by atomic mass is 35.5. The van der Waals surface area contributed by atoms with Gasteiger partial charge in [-0.15, -0.1) is 0 Å². The van der Waals surface area contributed by atoms with E-state index in [1.165, 1.54) is 44.1 Å². The third-order valence-corrected chi connectivity index (χ3v) is 3.86. The van der Waals surface area contributed by atoms with Crippen LogP contribution < -0.4 is 5.32 Å². The minimum atomic E-state index is 0.365. The molecule has 0 saturated heterocycles. The number of hydrogen-bond acceptors (Lipinski definition) is 1. The fourth-order valence-electron chi connectivity index (χ4n) is 2.44. The molecule has 19 heavy (non-hydrogen) atoms. The van der Waals surface area contributed by atoms with Gasteiger partial charge in [-0.1, -0.05) is 62.8 Å². The van der Waals surface area contributed by atoms with Crippen LogP contribution in [0.5, 0.6) is 0 Å². The molecule has 0 bridgehead atoms. The van der Waals surface area contributed by atoms with Crippen molar-refractivity contribution in [3.05, 3.63) is 34.9 Å². The van der Waals surface area contributed by atoms with Crippen LogP contribution in [0.1, 0.15) is 70.9 Å². The zero-order chi connectivity index (χ0) is 14.1. The van der Waals surface area contributed by atoms with E-state index in [2.05, 4.69) is 32.2 Å². The zero-order valence-corrected chi connectivity index (χ0v) is 13.3. The van der Waals surface area contributed by atoms with Gasteiger partial charge in [-0.05, 0) is 38.0 Å². The quantitative estimate of drug-likeness (QED) is 0.569. The summed E-state index contributed by atoms with van der Waals surface area (Å²) in [5.74, 6) is 0. The summed E-state index contributed by atoms with van der Waals surface area (Å²) in [6, 6.07) is 9.06. The second kappa shape index (κ2) is 9.39. The maximum absolute atomic E-state index is 6.03. The SMILES string of the molecule is CCCCCCCC(C)N[C@H](C)c1cccc(Cl)c1. The number of benzene rings is 1. The largest absolute Gasteiger partial charge is 0.308 e. The van der Waals surface area contributed by atoms with Gasteiger partial charge in [-0.3, -0.25) is 0 Å². The van der Waals surface area contributed by atoms with Crippen molar-refractivity contribution in [2.24, 2.45) is 0 Å². The molecule has 108 valence electrons. The summed E-state index contributed by atoms with van der Waals surface area (Å²) in [5, 5.41) is 4.47. The van der Waals surface area contributed by atoms with E-state index < -0.39 is 0 Å². The smallest absolute Gasteiger partial charge is 0.0409 e. The van der Waals surface area contributed by atoms with Gasteiger partial charge in [0.25, 0.3) is 0 Å². The number of halogens is 1. The highest BCUT2D eigenvalue weighted by Crippen LogP contribution is 2.18.